The number of alkyl halides is 3. The third-order valence-corrected chi connectivity index (χ3v) is 2.07. The van der Waals surface area contributed by atoms with Crippen molar-refractivity contribution in [3.63, 3.8) is 0 Å². The standard InChI is InChI=1S/C7H9F3O2/c8-7(9,10)6(12)4-2-1-3-5(4)11/h4,6,12H,1-3H2/t4-,6-/m0/s1. The monoisotopic (exact) mass is 182 g/mol. The van der Waals surface area contributed by atoms with Gasteiger partial charge in [-0.05, 0) is 12.8 Å². The first-order chi connectivity index (χ1) is 5.43. The topological polar surface area (TPSA) is 37.3 Å². The van der Waals surface area contributed by atoms with Crippen molar-refractivity contribution < 1.29 is 23.1 Å². The van der Waals surface area contributed by atoms with Crippen molar-refractivity contribution in [2.45, 2.75) is 31.5 Å². The van der Waals surface area contributed by atoms with Gasteiger partial charge in [0.25, 0.3) is 0 Å². The Morgan fingerprint density at radius 1 is 1.50 bits per heavy atom. The van der Waals surface area contributed by atoms with E-state index in [9.17, 15) is 18.0 Å². The molecule has 0 amide bonds. The Morgan fingerprint density at radius 2 is 2.08 bits per heavy atom. The Bertz CT molecular complexity index is 188. The van der Waals surface area contributed by atoms with Gasteiger partial charge in [0.1, 0.15) is 5.78 Å². The van der Waals surface area contributed by atoms with Crippen LogP contribution in [0.15, 0.2) is 0 Å². The second-order valence-electron chi connectivity index (χ2n) is 2.95. The van der Waals surface area contributed by atoms with Crippen LogP contribution in [-0.2, 0) is 4.79 Å². The molecule has 0 spiro atoms. The summed E-state index contributed by atoms with van der Waals surface area (Å²) in [6.45, 7) is 0. The zero-order valence-corrected chi connectivity index (χ0v) is 6.27. The average molecular weight is 182 g/mol. The molecular weight excluding hydrogens is 173 g/mol. The van der Waals surface area contributed by atoms with E-state index in [0.29, 0.717) is 6.42 Å². The molecule has 0 aliphatic heterocycles. The zero-order valence-electron chi connectivity index (χ0n) is 6.27. The van der Waals surface area contributed by atoms with Crippen LogP contribution < -0.4 is 0 Å². The summed E-state index contributed by atoms with van der Waals surface area (Å²) in [6.07, 6.45) is -6.36. The maximum absolute atomic E-state index is 11.9. The molecule has 0 saturated heterocycles. The first kappa shape index (κ1) is 9.51. The molecule has 0 unspecified atom stereocenters. The van der Waals surface area contributed by atoms with Gasteiger partial charge in [0, 0.05) is 6.42 Å². The second-order valence-corrected chi connectivity index (χ2v) is 2.95. The fourth-order valence-electron chi connectivity index (χ4n) is 1.40. The van der Waals surface area contributed by atoms with Crippen LogP contribution >= 0.6 is 0 Å². The van der Waals surface area contributed by atoms with Crippen molar-refractivity contribution in [3.8, 4) is 0 Å². The molecule has 1 aliphatic rings. The van der Waals surface area contributed by atoms with E-state index in [1.807, 2.05) is 0 Å². The number of carbonyl (C=O) groups is 1. The molecule has 1 saturated carbocycles. The molecule has 2 atom stereocenters. The molecule has 70 valence electrons. The first-order valence-electron chi connectivity index (χ1n) is 3.70. The van der Waals surface area contributed by atoms with E-state index in [1.165, 1.54) is 0 Å². The molecule has 5 heteroatoms. The molecular formula is C7H9F3O2. The Hall–Kier alpha value is -0.580. The fourth-order valence-corrected chi connectivity index (χ4v) is 1.40. The van der Waals surface area contributed by atoms with Crippen molar-refractivity contribution in [2.24, 2.45) is 5.92 Å². The van der Waals surface area contributed by atoms with Gasteiger partial charge in [-0.15, -0.1) is 0 Å². The van der Waals surface area contributed by atoms with Crippen molar-refractivity contribution >= 4 is 5.78 Å². The lowest BCUT2D eigenvalue weighted by Gasteiger charge is -2.19. The predicted molar refractivity (Wildman–Crippen MR) is 34.4 cm³/mol. The van der Waals surface area contributed by atoms with Gasteiger partial charge < -0.3 is 5.11 Å². The summed E-state index contributed by atoms with van der Waals surface area (Å²) in [5.74, 6) is -1.69. The van der Waals surface area contributed by atoms with Gasteiger partial charge >= 0.3 is 6.18 Å². The summed E-state index contributed by atoms with van der Waals surface area (Å²) in [5.41, 5.74) is 0. The third kappa shape index (κ3) is 1.77. The van der Waals surface area contributed by atoms with Gasteiger partial charge in [-0.25, -0.2) is 0 Å². The van der Waals surface area contributed by atoms with Gasteiger partial charge in [0.2, 0.25) is 0 Å². The van der Waals surface area contributed by atoms with Gasteiger partial charge in [0.05, 0.1) is 5.92 Å². The minimum absolute atomic E-state index is 0.152. The highest BCUT2D eigenvalue weighted by molar-refractivity contribution is 5.83. The number of rotatable bonds is 1. The van der Waals surface area contributed by atoms with E-state index in [0.717, 1.165) is 0 Å². The zero-order chi connectivity index (χ0) is 9.35. The summed E-state index contributed by atoms with van der Waals surface area (Å²) < 4.78 is 35.6. The lowest BCUT2D eigenvalue weighted by Crippen LogP contribution is -2.37. The van der Waals surface area contributed by atoms with Crippen LogP contribution in [0.4, 0.5) is 13.2 Å². The predicted octanol–water partition coefficient (Wildman–Crippen LogP) is 1.28. The molecule has 0 bridgehead atoms. The fraction of sp³-hybridized carbons (Fsp3) is 0.857. The smallest absolute Gasteiger partial charge is 0.383 e. The Morgan fingerprint density at radius 3 is 2.42 bits per heavy atom. The molecule has 0 radical (unpaired) electrons. The lowest BCUT2D eigenvalue weighted by molar-refractivity contribution is -0.217. The van der Waals surface area contributed by atoms with E-state index in [-0.39, 0.29) is 12.8 Å². The molecule has 1 fully saturated rings. The maximum atomic E-state index is 11.9. The highest BCUT2D eigenvalue weighted by atomic mass is 19.4. The van der Waals surface area contributed by atoms with E-state index in [1.54, 1.807) is 0 Å². The average Bonchev–Trinajstić information content (AvgIpc) is 2.31. The van der Waals surface area contributed by atoms with Gasteiger partial charge in [-0.1, -0.05) is 0 Å². The number of carbonyl (C=O) groups excluding carboxylic acids is 1. The van der Waals surface area contributed by atoms with Crippen LogP contribution in [0.5, 0.6) is 0 Å². The van der Waals surface area contributed by atoms with Crippen LogP contribution in [0.2, 0.25) is 0 Å². The van der Waals surface area contributed by atoms with Crippen molar-refractivity contribution in [1.82, 2.24) is 0 Å². The number of Topliss-reactive ketones (excluding diaryl/α,β-unsaturated/α-hetero) is 1. The lowest BCUT2D eigenvalue weighted by atomic mass is 10.00. The quantitative estimate of drug-likeness (QED) is 0.663. The number of hydrogen-bond acceptors (Lipinski definition) is 2. The molecule has 1 N–H and O–H groups in total. The van der Waals surface area contributed by atoms with Crippen LogP contribution in [0.3, 0.4) is 0 Å². The van der Waals surface area contributed by atoms with E-state index >= 15 is 0 Å². The molecule has 1 rings (SSSR count). The second kappa shape index (κ2) is 3.05. The van der Waals surface area contributed by atoms with Crippen LogP contribution in [0.25, 0.3) is 0 Å². The Kier molecular flexibility index (Phi) is 2.41. The summed E-state index contributed by atoms with van der Waals surface area (Å²) in [6, 6.07) is 0. The summed E-state index contributed by atoms with van der Waals surface area (Å²) >= 11 is 0. The molecule has 12 heavy (non-hydrogen) atoms. The number of ketones is 1. The number of halogens is 3. The van der Waals surface area contributed by atoms with Crippen molar-refractivity contribution in [1.29, 1.82) is 0 Å². The normalized spacial score (nSPS) is 27.7. The SMILES string of the molecule is O=C1CCC[C@@H]1[C@H](O)C(F)(F)F. The van der Waals surface area contributed by atoms with E-state index in [2.05, 4.69) is 0 Å². The highest BCUT2D eigenvalue weighted by Gasteiger charge is 2.47. The molecule has 0 aromatic rings. The first-order valence-corrected chi connectivity index (χ1v) is 3.70. The van der Waals surface area contributed by atoms with Crippen LogP contribution in [0, 0.1) is 5.92 Å². The largest absolute Gasteiger partial charge is 0.415 e. The van der Waals surface area contributed by atoms with Crippen LogP contribution in [-0.4, -0.2) is 23.2 Å². The van der Waals surface area contributed by atoms with Crippen molar-refractivity contribution in [2.75, 3.05) is 0 Å². The van der Waals surface area contributed by atoms with E-state index in [4.69, 9.17) is 5.11 Å². The Balaban J connectivity index is 2.63. The third-order valence-electron chi connectivity index (χ3n) is 2.07. The van der Waals surface area contributed by atoms with Crippen molar-refractivity contribution in [3.05, 3.63) is 0 Å². The Labute approximate surface area is 67.4 Å². The summed E-state index contributed by atoms with van der Waals surface area (Å²) in [5, 5.41) is 8.71. The number of aliphatic hydroxyl groups is 1. The maximum Gasteiger partial charge on any atom is 0.415 e. The van der Waals surface area contributed by atoms with Gasteiger partial charge in [0.15, 0.2) is 6.10 Å². The van der Waals surface area contributed by atoms with E-state index < -0.39 is 24.0 Å². The molecule has 0 aromatic carbocycles. The number of hydrogen-bond donors (Lipinski definition) is 1. The van der Waals surface area contributed by atoms with Gasteiger partial charge in [-0.2, -0.15) is 13.2 Å². The summed E-state index contributed by atoms with van der Waals surface area (Å²) in [4.78, 5) is 10.8. The molecule has 0 heterocycles. The molecule has 1 aliphatic carbocycles. The van der Waals surface area contributed by atoms with Gasteiger partial charge in [-0.3, -0.25) is 4.79 Å². The minimum atomic E-state index is -4.66. The summed E-state index contributed by atoms with van der Waals surface area (Å²) in [7, 11) is 0. The molecule has 0 aromatic heterocycles. The number of aliphatic hydroxyl groups excluding tert-OH is 1. The highest BCUT2D eigenvalue weighted by Crippen LogP contribution is 2.33. The van der Waals surface area contributed by atoms with Crippen LogP contribution in [0.1, 0.15) is 19.3 Å². The minimum Gasteiger partial charge on any atom is -0.383 e. The molecule has 2 nitrogen and oxygen atoms in total.